The first-order valence-corrected chi connectivity index (χ1v) is 11.9. The van der Waals surface area contributed by atoms with Gasteiger partial charge in [0.15, 0.2) is 9.84 Å². The fourth-order valence-electron chi connectivity index (χ4n) is 2.04. The van der Waals surface area contributed by atoms with Gasteiger partial charge in [0.25, 0.3) is 0 Å². The number of likely N-dealkylation sites (N-methyl/N-ethyl adjacent to an activating group) is 1. The molecule has 0 atom stereocenters. The summed E-state index contributed by atoms with van der Waals surface area (Å²) in [5, 5.41) is 0. The van der Waals surface area contributed by atoms with Crippen molar-refractivity contribution in [3.05, 3.63) is 48.9 Å². The largest absolute Gasteiger partial charge is 0.463 e. The molecule has 176 valence electrons. The van der Waals surface area contributed by atoms with Crippen LogP contribution in [-0.2, 0) is 39.0 Å². The molecule has 0 aliphatic rings. The van der Waals surface area contributed by atoms with E-state index in [-0.39, 0.29) is 11.5 Å². The van der Waals surface area contributed by atoms with Crippen LogP contribution in [0.1, 0.15) is 13.8 Å². The second-order valence-electron chi connectivity index (χ2n) is 6.41. The summed E-state index contributed by atoms with van der Waals surface area (Å²) in [5.74, 6) is -1.60. The molecule has 12 nitrogen and oxygen atoms in total. The van der Waals surface area contributed by atoms with Gasteiger partial charge in [0.1, 0.15) is 11.4 Å². The molecule has 1 rings (SSSR count). The van der Waals surface area contributed by atoms with E-state index in [4.69, 9.17) is 4.74 Å². The molecule has 14 heteroatoms. The van der Waals surface area contributed by atoms with Crippen molar-refractivity contribution >= 4 is 38.0 Å². The number of allylic oxidation sites excluding steroid dienone is 2. The summed E-state index contributed by atoms with van der Waals surface area (Å²) in [6, 6.07) is 4.36. The van der Waals surface area contributed by atoms with Crippen LogP contribution >= 0.6 is 0 Å². The van der Waals surface area contributed by atoms with Crippen LogP contribution in [-0.4, -0.2) is 64.2 Å². The molecule has 0 radical (unpaired) electrons. The average molecular weight is 491 g/mol. The summed E-state index contributed by atoms with van der Waals surface area (Å²) < 4.78 is 59.0. The highest BCUT2D eigenvalue weighted by Gasteiger charge is 2.38. The number of rotatable bonds is 7. The van der Waals surface area contributed by atoms with Crippen LogP contribution in [0.3, 0.4) is 0 Å². The van der Waals surface area contributed by atoms with Crippen molar-refractivity contribution in [2.75, 3.05) is 19.8 Å². The lowest BCUT2D eigenvalue weighted by atomic mass is 10.4. The summed E-state index contributed by atoms with van der Waals surface area (Å²) in [5.41, 5.74) is 0. The minimum atomic E-state index is -5.08. The lowest BCUT2D eigenvalue weighted by molar-refractivity contribution is -0.165. The Labute approximate surface area is 185 Å². The van der Waals surface area contributed by atoms with E-state index in [1.54, 1.807) is 0 Å². The fourth-order valence-corrected chi connectivity index (χ4v) is 4.73. The maximum absolute atomic E-state index is 13.1. The summed E-state index contributed by atoms with van der Waals surface area (Å²) in [7, 11) is -8.01. The lowest BCUT2D eigenvalue weighted by Gasteiger charge is -2.22. The van der Waals surface area contributed by atoms with E-state index in [0.29, 0.717) is 0 Å². The van der Waals surface area contributed by atoms with Crippen molar-refractivity contribution in [3.63, 3.8) is 0 Å². The average Bonchev–Trinajstić information content (AvgIpc) is 2.64. The van der Waals surface area contributed by atoms with Gasteiger partial charge in [0.05, 0.1) is 16.4 Å². The fraction of sp³-hybridized carbons (Fsp3) is 0.278. The molecular formula is C18H22N2O10S2. The van der Waals surface area contributed by atoms with Crippen molar-refractivity contribution in [2.24, 2.45) is 0 Å². The van der Waals surface area contributed by atoms with Gasteiger partial charge in [-0.05, 0) is 30.4 Å². The Hall–Kier alpha value is -3.39. The maximum Gasteiger partial charge on any atom is 0.463 e. The molecule has 0 aromatic heterocycles. The molecule has 0 N–H and O–H groups in total. The number of ether oxygens (including phenoxy) is 2. The first-order valence-electron chi connectivity index (χ1n) is 8.58. The summed E-state index contributed by atoms with van der Waals surface area (Å²) in [6.07, 6.45) is -1.94. The van der Waals surface area contributed by atoms with Crippen LogP contribution in [0.2, 0.25) is 0 Å². The summed E-state index contributed by atoms with van der Waals surface area (Å²) >= 11 is 0. The van der Waals surface area contributed by atoms with Crippen LogP contribution in [0.15, 0.2) is 58.7 Å². The van der Waals surface area contributed by atoms with E-state index >= 15 is 0 Å². The molecule has 0 saturated heterocycles. The number of carbonyl (C=O) groups excluding carboxylic acids is 3. The molecule has 1 aromatic carbocycles. The number of amides is 2. The first kappa shape index (κ1) is 26.6. The monoisotopic (exact) mass is 490 g/mol. The van der Waals surface area contributed by atoms with E-state index < -0.39 is 58.8 Å². The first-order chi connectivity index (χ1) is 14.6. The quantitative estimate of drug-likeness (QED) is 0.408. The predicted octanol–water partition coefficient (Wildman–Crippen LogP) is 1.81. The number of hydrogen-bond donors (Lipinski definition) is 0. The van der Waals surface area contributed by atoms with Gasteiger partial charge >= 0.3 is 28.2 Å². The Morgan fingerprint density at radius 2 is 1.38 bits per heavy atom. The zero-order valence-corrected chi connectivity index (χ0v) is 19.4. The number of sulfone groups is 1. The normalized spacial score (nSPS) is 11.1. The number of hydroxylamine groups is 1. The third kappa shape index (κ3) is 7.09. The molecule has 0 saturated carbocycles. The minimum absolute atomic E-state index is 0.0295. The van der Waals surface area contributed by atoms with Gasteiger partial charge < -0.3 is 14.3 Å². The molecule has 0 fully saturated rings. The van der Waals surface area contributed by atoms with Crippen molar-refractivity contribution in [3.8, 4) is 0 Å². The molecule has 0 unspecified atom stereocenters. The zero-order valence-electron chi connectivity index (χ0n) is 17.7. The van der Waals surface area contributed by atoms with Crippen molar-refractivity contribution in [1.82, 2.24) is 9.37 Å². The van der Waals surface area contributed by atoms with Gasteiger partial charge in [0, 0.05) is 13.3 Å². The summed E-state index contributed by atoms with van der Waals surface area (Å²) in [4.78, 5) is 40.2. The molecule has 0 heterocycles. The van der Waals surface area contributed by atoms with Crippen LogP contribution < -0.4 is 0 Å². The van der Waals surface area contributed by atoms with Crippen LogP contribution in [0.4, 0.5) is 9.59 Å². The van der Waals surface area contributed by atoms with E-state index in [1.165, 1.54) is 26.0 Å². The number of carbonyl (C=O) groups is 3. The standard InChI is InChI=1S/C18H22N2O10S2/c1-12(2)28-17(22)19(5)11-16(21)30-20(18(23)29-13(3)4)32(26,27)15-10-8-7-9-14(15)31(6,24)25/h7-10H,1,3,11H2,2,4-6H3. The van der Waals surface area contributed by atoms with Crippen LogP contribution in [0.5, 0.6) is 0 Å². The molecular weight excluding hydrogens is 468 g/mol. The Morgan fingerprint density at radius 3 is 1.84 bits per heavy atom. The van der Waals surface area contributed by atoms with E-state index in [0.717, 1.165) is 30.3 Å². The van der Waals surface area contributed by atoms with E-state index in [2.05, 4.69) is 22.7 Å². The second kappa shape index (κ2) is 10.3. The van der Waals surface area contributed by atoms with Gasteiger partial charge in [-0.25, -0.2) is 22.8 Å². The number of hydrogen-bond acceptors (Lipinski definition) is 10. The van der Waals surface area contributed by atoms with Crippen molar-refractivity contribution in [2.45, 2.75) is 23.6 Å². The number of nitrogens with zero attached hydrogens (tertiary/aromatic N) is 2. The van der Waals surface area contributed by atoms with Gasteiger partial charge in [-0.1, -0.05) is 25.3 Å². The van der Waals surface area contributed by atoms with Crippen LogP contribution in [0, 0.1) is 0 Å². The molecule has 0 bridgehead atoms. The van der Waals surface area contributed by atoms with Crippen molar-refractivity contribution < 1.29 is 45.5 Å². The Balaban J connectivity index is 3.36. The number of benzene rings is 1. The Kier molecular flexibility index (Phi) is 8.56. The second-order valence-corrected chi connectivity index (χ2v) is 10.1. The van der Waals surface area contributed by atoms with Crippen molar-refractivity contribution in [1.29, 1.82) is 0 Å². The Morgan fingerprint density at radius 1 is 0.906 bits per heavy atom. The molecule has 0 spiro atoms. The van der Waals surface area contributed by atoms with E-state index in [9.17, 15) is 31.2 Å². The lowest BCUT2D eigenvalue weighted by Crippen LogP contribution is -2.42. The van der Waals surface area contributed by atoms with Gasteiger partial charge in [0.2, 0.25) is 0 Å². The molecule has 2 amide bonds. The third-order valence-corrected chi connectivity index (χ3v) is 6.14. The van der Waals surface area contributed by atoms with Gasteiger partial charge in [-0.3, -0.25) is 4.90 Å². The zero-order chi connectivity index (χ0) is 24.9. The molecule has 0 aliphatic heterocycles. The van der Waals surface area contributed by atoms with Crippen LogP contribution in [0.25, 0.3) is 0 Å². The maximum atomic E-state index is 13.1. The highest BCUT2D eigenvalue weighted by atomic mass is 32.2. The smallest absolute Gasteiger partial charge is 0.416 e. The minimum Gasteiger partial charge on any atom is -0.416 e. The molecule has 0 aliphatic carbocycles. The highest BCUT2D eigenvalue weighted by molar-refractivity contribution is 7.93. The highest BCUT2D eigenvalue weighted by Crippen LogP contribution is 2.25. The Bertz CT molecular complexity index is 1160. The topological polar surface area (TPSA) is 154 Å². The third-order valence-electron chi connectivity index (χ3n) is 3.28. The van der Waals surface area contributed by atoms with Gasteiger partial charge in [-0.15, -0.1) is 0 Å². The predicted molar refractivity (Wildman–Crippen MR) is 110 cm³/mol. The SMILES string of the molecule is C=C(C)OC(=O)N(C)CC(=O)ON(C(=O)OC(=C)C)S(=O)(=O)c1ccccc1S(C)(=O)=O. The molecule has 1 aromatic rings. The summed E-state index contributed by atoms with van der Waals surface area (Å²) in [6.45, 7) is 8.40. The van der Waals surface area contributed by atoms with E-state index in [1.807, 2.05) is 0 Å². The molecule has 32 heavy (non-hydrogen) atoms. The van der Waals surface area contributed by atoms with Gasteiger partial charge in [-0.2, -0.15) is 8.42 Å². The number of sulfonamides is 1.